The van der Waals surface area contributed by atoms with Crippen LogP contribution in [0.4, 0.5) is 11.4 Å². The fraction of sp³-hybridized carbons (Fsp3) is 0.154. The number of carboxylic acids is 1. The van der Waals surface area contributed by atoms with Crippen LogP contribution in [0.3, 0.4) is 0 Å². The number of hydrogen-bond acceptors (Lipinski definition) is 4. The lowest BCUT2D eigenvalue weighted by molar-refractivity contribution is 0.0698. The van der Waals surface area contributed by atoms with Gasteiger partial charge in [0.15, 0.2) is 0 Å². The van der Waals surface area contributed by atoms with Gasteiger partial charge in [0.25, 0.3) is 0 Å². The van der Waals surface area contributed by atoms with Gasteiger partial charge in [0.05, 0.1) is 17.9 Å². The molecule has 0 aliphatic carbocycles. The topological polar surface area (TPSA) is 88.5 Å². The molecule has 0 saturated carbocycles. The van der Waals surface area contributed by atoms with E-state index < -0.39 is 5.97 Å². The van der Waals surface area contributed by atoms with Crippen LogP contribution in [0.5, 0.6) is 0 Å². The second-order valence-corrected chi connectivity index (χ2v) is 3.99. The molecule has 0 bridgehead atoms. The number of benzene rings is 1. The van der Waals surface area contributed by atoms with Gasteiger partial charge < -0.3 is 20.6 Å². The lowest BCUT2D eigenvalue weighted by Crippen LogP contribution is -2.07. The molecule has 1 unspecified atom stereocenters. The fourth-order valence-electron chi connectivity index (χ4n) is 1.71. The zero-order chi connectivity index (χ0) is 13.1. The van der Waals surface area contributed by atoms with Crippen LogP contribution in [0, 0.1) is 0 Å². The minimum absolute atomic E-state index is 0.0184. The van der Waals surface area contributed by atoms with E-state index in [1.807, 2.05) is 19.1 Å². The fourth-order valence-corrected chi connectivity index (χ4v) is 1.71. The molecule has 1 aromatic carbocycles. The van der Waals surface area contributed by atoms with Crippen molar-refractivity contribution >= 4 is 17.3 Å². The van der Waals surface area contributed by atoms with Crippen molar-refractivity contribution < 1.29 is 14.3 Å². The summed E-state index contributed by atoms with van der Waals surface area (Å²) in [5, 5.41) is 12.1. The first-order valence-electron chi connectivity index (χ1n) is 5.50. The summed E-state index contributed by atoms with van der Waals surface area (Å²) < 4.78 is 5.27. The quantitative estimate of drug-likeness (QED) is 0.722. The third-order valence-electron chi connectivity index (χ3n) is 2.64. The van der Waals surface area contributed by atoms with E-state index in [0.717, 1.165) is 11.4 Å². The molecule has 0 amide bonds. The van der Waals surface area contributed by atoms with Crippen molar-refractivity contribution in [3.8, 4) is 0 Å². The highest BCUT2D eigenvalue weighted by Crippen LogP contribution is 2.23. The number of carbonyl (C=O) groups is 1. The Labute approximate surface area is 104 Å². The summed E-state index contributed by atoms with van der Waals surface area (Å²) in [4.78, 5) is 10.8. The van der Waals surface area contributed by atoms with Crippen molar-refractivity contribution in [2.45, 2.75) is 13.0 Å². The highest BCUT2D eigenvalue weighted by molar-refractivity contribution is 5.94. The number of hydrogen-bond donors (Lipinski definition) is 3. The molecule has 2 aromatic rings. The third-order valence-corrected chi connectivity index (χ3v) is 2.64. The Kier molecular flexibility index (Phi) is 3.23. The summed E-state index contributed by atoms with van der Waals surface area (Å²) >= 11 is 0. The predicted octanol–water partition coefficient (Wildman–Crippen LogP) is 2.73. The Morgan fingerprint density at radius 3 is 2.78 bits per heavy atom. The second kappa shape index (κ2) is 4.83. The number of aromatic carboxylic acids is 1. The van der Waals surface area contributed by atoms with Gasteiger partial charge in [-0.2, -0.15) is 0 Å². The first-order valence-corrected chi connectivity index (χ1v) is 5.50. The summed E-state index contributed by atoms with van der Waals surface area (Å²) in [5.41, 5.74) is 6.76. The molecule has 94 valence electrons. The van der Waals surface area contributed by atoms with Gasteiger partial charge in [-0.05, 0) is 37.3 Å². The highest BCUT2D eigenvalue weighted by Gasteiger charge is 2.11. The first kappa shape index (κ1) is 12.0. The second-order valence-electron chi connectivity index (χ2n) is 3.99. The van der Waals surface area contributed by atoms with Crippen molar-refractivity contribution in [3.63, 3.8) is 0 Å². The summed E-state index contributed by atoms with van der Waals surface area (Å²) in [6, 6.07) is 8.43. The van der Waals surface area contributed by atoms with Crippen molar-refractivity contribution in [1.29, 1.82) is 0 Å². The number of nitrogens with two attached hydrogens (primary N) is 1. The average Bonchev–Trinajstić information content (AvgIpc) is 2.81. The molecule has 1 atom stereocenters. The van der Waals surface area contributed by atoms with Crippen LogP contribution >= 0.6 is 0 Å². The van der Waals surface area contributed by atoms with Gasteiger partial charge in [0, 0.05) is 11.4 Å². The van der Waals surface area contributed by atoms with Gasteiger partial charge in [-0.1, -0.05) is 0 Å². The van der Waals surface area contributed by atoms with Gasteiger partial charge >= 0.3 is 5.97 Å². The smallest absolute Gasteiger partial charge is 0.337 e. The number of carboxylic acid groups (broad SMARTS) is 1. The largest absolute Gasteiger partial charge is 0.478 e. The molecule has 0 aliphatic heterocycles. The molecular formula is C13H14N2O3. The lowest BCUT2D eigenvalue weighted by Gasteiger charge is -2.13. The molecule has 4 N–H and O–H groups in total. The van der Waals surface area contributed by atoms with Gasteiger partial charge in [0.2, 0.25) is 0 Å². The Morgan fingerprint density at radius 1 is 1.44 bits per heavy atom. The average molecular weight is 246 g/mol. The Morgan fingerprint density at radius 2 is 2.22 bits per heavy atom. The number of nitrogens with one attached hydrogen (secondary N) is 1. The van der Waals surface area contributed by atoms with Crippen molar-refractivity contribution in [3.05, 3.63) is 47.9 Å². The normalized spacial score (nSPS) is 12.1. The third kappa shape index (κ3) is 2.45. The minimum Gasteiger partial charge on any atom is -0.478 e. The van der Waals surface area contributed by atoms with Crippen molar-refractivity contribution in [1.82, 2.24) is 0 Å². The van der Waals surface area contributed by atoms with E-state index in [2.05, 4.69) is 5.32 Å². The summed E-state index contributed by atoms with van der Waals surface area (Å²) in [7, 11) is 0. The van der Waals surface area contributed by atoms with E-state index in [0.29, 0.717) is 0 Å². The molecule has 0 radical (unpaired) electrons. The van der Waals surface area contributed by atoms with Gasteiger partial charge in [0.1, 0.15) is 5.76 Å². The van der Waals surface area contributed by atoms with E-state index in [-0.39, 0.29) is 17.3 Å². The monoisotopic (exact) mass is 246 g/mol. The van der Waals surface area contributed by atoms with Crippen LogP contribution in [0.1, 0.15) is 29.1 Å². The lowest BCUT2D eigenvalue weighted by atomic mass is 10.1. The van der Waals surface area contributed by atoms with E-state index >= 15 is 0 Å². The molecule has 5 nitrogen and oxygen atoms in total. The molecule has 1 aromatic heterocycles. The maximum absolute atomic E-state index is 10.8. The van der Waals surface area contributed by atoms with Gasteiger partial charge in [-0.3, -0.25) is 0 Å². The molecule has 2 rings (SSSR count). The number of nitrogen functional groups attached to an aromatic ring is 1. The maximum atomic E-state index is 10.8. The summed E-state index contributed by atoms with van der Waals surface area (Å²) in [6.45, 7) is 1.94. The van der Waals surface area contributed by atoms with E-state index in [1.165, 1.54) is 6.07 Å². The van der Waals surface area contributed by atoms with Crippen LogP contribution in [-0.2, 0) is 0 Å². The van der Waals surface area contributed by atoms with Crippen LogP contribution in [-0.4, -0.2) is 11.1 Å². The number of furan rings is 1. The van der Waals surface area contributed by atoms with Gasteiger partial charge in [-0.25, -0.2) is 4.79 Å². The first-order chi connectivity index (χ1) is 8.58. The maximum Gasteiger partial charge on any atom is 0.337 e. The molecule has 5 heteroatoms. The zero-order valence-electron chi connectivity index (χ0n) is 9.88. The highest BCUT2D eigenvalue weighted by atomic mass is 16.4. The SMILES string of the molecule is CC(Nc1ccc(C(=O)O)c(N)c1)c1ccco1. The van der Waals surface area contributed by atoms with Crippen LogP contribution in [0.2, 0.25) is 0 Å². The predicted molar refractivity (Wildman–Crippen MR) is 68.6 cm³/mol. The molecule has 0 spiro atoms. The zero-order valence-corrected chi connectivity index (χ0v) is 9.88. The van der Waals surface area contributed by atoms with Crippen molar-refractivity contribution in [2.75, 3.05) is 11.1 Å². The number of anilines is 2. The Balaban J connectivity index is 2.15. The Bertz CT molecular complexity index is 549. The standard InChI is InChI=1S/C13H14N2O3/c1-8(12-3-2-6-18-12)15-9-4-5-10(13(16)17)11(14)7-9/h2-8,15H,14H2,1H3,(H,16,17). The number of rotatable bonds is 4. The molecular weight excluding hydrogens is 232 g/mol. The van der Waals surface area contributed by atoms with Crippen LogP contribution in [0.15, 0.2) is 41.0 Å². The van der Waals surface area contributed by atoms with E-state index in [1.54, 1.807) is 18.4 Å². The molecule has 18 heavy (non-hydrogen) atoms. The van der Waals surface area contributed by atoms with Gasteiger partial charge in [-0.15, -0.1) is 0 Å². The van der Waals surface area contributed by atoms with E-state index in [9.17, 15) is 4.79 Å². The molecule has 0 saturated heterocycles. The Hall–Kier alpha value is -2.43. The van der Waals surface area contributed by atoms with Crippen molar-refractivity contribution in [2.24, 2.45) is 0 Å². The molecule has 1 heterocycles. The van der Waals surface area contributed by atoms with Crippen LogP contribution < -0.4 is 11.1 Å². The van der Waals surface area contributed by atoms with Crippen LogP contribution in [0.25, 0.3) is 0 Å². The minimum atomic E-state index is -1.03. The summed E-state index contributed by atoms with van der Waals surface area (Å²) in [6.07, 6.45) is 1.61. The molecule has 0 fully saturated rings. The summed E-state index contributed by atoms with van der Waals surface area (Å²) in [5.74, 6) is -0.228. The molecule has 0 aliphatic rings. The van der Waals surface area contributed by atoms with E-state index in [4.69, 9.17) is 15.3 Å².